The predicted molar refractivity (Wildman–Crippen MR) is 70.8 cm³/mol. The monoisotopic (exact) mass is 308 g/mol. The molecule has 0 aromatic rings. The lowest BCUT2D eigenvalue weighted by Gasteiger charge is -2.09. The van der Waals surface area contributed by atoms with Crippen LogP contribution in [0.4, 0.5) is 0 Å². The SMILES string of the molecule is CCCC#CC(CCI)OCCCC. The molecule has 0 N–H and O–H groups in total. The fourth-order valence-corrected chi connectivity index (χ4v) is 1.54. The standard InChI is InChI=1S/C12H21IO/c1-3-5-7-8-12(9-10-13)14-11-6-4-2/h12H,3-6,9-11H2,1-2H3. The Morgan fingerprint density at radius 1 is 1.29 bits per heavy atom. The molecule has 0 saturated heterocycles. The number of ether oxygens (including phenoxy) is 1. The first-order valence-electron chi connectivity index (χ1n) is 5.51. The maximum absolute atomic E-state index is 5.69. The van der Waals surface area contributed by atoms with Crippen LogP contribution in [0.15, 0.2) is 0 Å². The molecule has 0 bridgehead atoms. The summed E-state index contributed by atoms with van der Waals surface area (Å²) in [5.41, 5.74) is 0. The molecule has 0 aromatic heterocycles. The summed E-state index contributed by atoms with van der Waals surface area (Å²) in [5, 5.41) is 0. The quantitative estimate of drug-likeness (QED) is 0.301. The van der Waals surface area contributed by atoms with Crippen LogP contribution in [0.5, 0.6) is 0 Å². The minimum absolute atomic E-state index is 0.171. The van der Waals surface area contributed by atoms with Crippen molar-refractivity contribution in [3.63, 3.8) is 0 Å². The van der Waals surface area contributed by atoms with Crippen LogP contribution in [-0.2, 0) is 4.74 Å². The van der Waals surface area contributed by atoms with Crippen LogP contribution in [0.2, 0.25) is 0 Å². The third-order valence-electron chi connectivity index (χ3n) is 1.83. The highest BCUT2D eigenvalue weighted by Crippen LogP contribution is 2.02. The van der Waals surface area contributed by atoms with Crippen LogP contribution in [0.25, 0.3) is 0 Å². The zero-order valence-electron chi connectivity index (χ0n) is 9.31. The first kappa shape index (κ1) is 14.2. The summed E-state index contributed by atoms with van der Waals surface area (Å²) in [6.45, 7) is 5.19. The summed E-state index contributed by atoms with van der Waals surface area (Å²) in [6, 6.07) is 0. The number of rotatable bonds is 7. The molecule has 0 amide bonds. The van der Waals surface area contributed by atoms with E-state index in [1.54, 1.807) is 0 Å². The zero-order chi connectivity index (χ0) is 10.6. The smallest absolute Gasteiger partial charge is 0.118 e. The van der Waals surface area contributed by atoms with Crippen molar-refractivity contribution in [2.45, 2.75) is 52.1 Å². The fraction of sp³-hybridized carbons (Fsp3) is 0.833. The van der Waals surface area contributed by atoms with Crippen molar-refractivity contribution in [2.75, 3.05) is 11.0 Å². The molecule has 1 atom stereocenters. The van der Waals surface area contributed by atoms with Gasteiger partial charge in [-0.2, -0.15) is 0 Å². The molecule has 2 heteroatoms. The fourth-order valence-electron chi connectivity index (χ4n) is 0.977. The molecular formula is C12H21IO. The van der Waals surface area contributed by atoms with E-state index >= 15 is 0 Å². The van der Waals surface area contributed by atoms with Crippen LogP contribution >= 0.6 is 22.6 Å². The lowest BCUT2D eigenvalue weighted by Crippen LogP contribution is -2.12. The van der Waals surface area contributed by atoms with Crippen molar-refractivity contribution in [3.8, 4) is 11.8 Å². The molecule has 0 spiro atoms. The van der Waals surface area contributed by atoms with E-state index in [0.717, 1.165) is 36.7 Å². The highest BCUT2D eigenvalue weighted by atomic mass is 127. The van der Waals surface area contributed by atoms with Gasteiger partial charge >= 0.3 is 0 Å². The Morgan fingerprint density at radius 3 is 2.64 bits per heavy atom. The van der Waals surface area contributed by atoms with Gasteiger partial charge < -0.3 is 4.74 Å². The van der Waals surface area contributed by atoms with Crippen LogP contribution in [0, 0.1) is 11.8 Å². The van der Waals surface area contributed by atoms with Gasteiger partial charge in [0.1, 0.15) is 6.10 Å². The third-order valence-corrected chi connectivity index (χ3v) is 2.45. The van der Waals surface area contributed by atoms with Gasteiger partial charge in [0, 0.05) is 17.5 Å². The second-order valence-corrected chi connectivity index (χ2v) is 4.34. The summed E-state index contributed by atoms with van der Waals surface area (Å²) in [6.07, 6.45) is 5.70. The van der Waals surface area contributed by atoms with Crippen LogP contribution in [0.1, 0.15) is 46.0 Å². The summed E-state index contributed by atoms with van der Waals surface area (Å²) >= 11 is 2.38. The second-order valence-electron chi connectivity index (χ2n) is 3.26. The van der Waals surface area contributed by atoms with E-state index in [1.165, 1.54) is 6.42 Å². The molecule has 0 aromatic carbocycles. The van der Waals surface area contributed by atoms with Crippen molar-refractivity contribution in [3.05, 3.63) is 0 Å². The molecule has 0 saturated carbocycles. The normalized spacial score (nSPS) is 11.9. The maximum Gasteiger partial charge on any atom is 0.118 e. The molecule has 0 heterocycles. The minimum atomic E-state index is 0.171. The summed E-state index contributed by atoms with van der Waals surface area (Å²) < 4.78 is 6.81. The van der Waals surface area contributed by atoms with Gasteiger partial charge in [0.2, 0.25) is 0 Å². The number of hydrogen-bond acceptors (Lipinski definition) is 1. The molecule has 0 fully saturated rings. The second kappa shape index (κ2) is 11.3. The largest absolute Gasteiger partial charge is 0.366 e. The third kappa shape index (κ3) is 8.83. The molecule has 82 valence electrons. The molecule has 1 nitrogen and oxygen atoms in total. The number of halogens is 1. The molecule has 1 unspecified atom stereocenters. The molecule has 14 heavy (non-hydrogen) atoms. The van der Waals surface area contributed by atoms with Gasteiger partial charge in [-0.15, -0.1) is 5.92 Å². The van der Waals surface area contributed by atoms with E-state index in [2.05, 4.69) is 48.3 Å². The van der Waals surface area contributed by atoms with E-state index in [0.29, 0.717) is 0 Å². The molecule has 0 radical (unpaired) electrons. The van der Waals surface area contributed by atoms with E-state index < -0.39 is 0 Å². The first-order valence-corrected chi connectivity index (χ1v) is 7.03. The van der Waals surface area contributed by atoms with Gasteiger partial charge in [-0.3, -0.25) is 0 Å². The summed E-state index contributed by atoms with van der Waals surface area (Å²) in [4.78, 5) is 0. The topological polar surface area (TPSA) is 9.23 Å². The van der Waals surface area contributed by atoms with E-state index in [1.807, 2.05) is 0 Å². The van der Waals surface area contributed by atoms with Crippen molar-refractivity contribution in [1.29, 1.82) is 0 Å². The Labute approximate surface area is 102 Å². The molecule has 0 rings (SSSR count). The molecule has 0 aliphatic heterocycles. The highest BCUT2D eigenvalue weighted by molar-refractivity contribution is 14.1. The Kier molecular flexibility index (Phi) is 11.5. The van der Waals surface area contributed by atoms with Gasteiger partial charge in [0.05, 0.1) is 0 Å². The van der Waals surface area contributed by atoms with E-state index in [-0.39, 0.29) is 6.10 Å². The Balaban J connectivity index is 3.72. The van der Waals surface area contributed by atoms with Crippen molar-refractivity contribution < 1.29 is 4.74 Å². The molecule has 0 aliphatic carbocycles. The van der Waals surface area contributed by atoms with E-state index in [4.69, 9.17) is 4.74 Å². The number of alkyl halides is 1. The van der Waals surface area contributed by atoms with Gasteiger partial charge in [-0.25, -0.2) is 0 Å². The average molecular weight is 308 g/mol. The zero-order valence-corrected chi connectivity index (χ0v) is 11.5. The Morgan fingerprint density at radius 2 is 2.07 bits per heavy atom. The van der Waals surface area contributed by atoms with Crippen molar-refractivity contribution in [2.24, 2.45) is 0 Å². The Hall–Kier alpha value is 0.250. The van der Waals surface area contributed by atoms with Crippen LogP contribution in [0.3, 0.4) is 0 Å². The summed E-state index contributed by atoms with van der Waals surface area (Å²) in [7, 11) is 0. The first-order chi connectivity index (χ1) is 6.85. The lowest BCUT2D eigenvalue weighted by molar-refractivity contribution is 0.0878. The van der Waals surface area contributed by atoms with Crippen molar-refractivity contribution in [1.82, 2.24) is 0 Å². The molecule has 0 aliphatic rings. The van der Waals surface area contributed by atoms with Gasteiger partial charge in [0.15, 0.2) is 0 Å². The van der Waals surface area contributed by atoms with Crippen LogP contribution in [-0.4, -0.2) is 17.1 Å². The number of hydrogen-bond donors (Lipinski definition) is 0. The average Bonchev–Trinajstić information content (AvgIpc) is 2.18. The number of unbranched alkanes of at least 4 members (excludes halogenated alkanes) is 2. The Bertz CT molecular complexity index is 169. The van der Waals surface area contributed by atoms with E-state index in [9.17, 15) is 0 Å². The highest BCUT2D eigenvalue weighted by Gasteiger charge is 2.02. The van der Waals surface area contributed by atoms with Gasteiger partial charge in [-0.1, -0.05) is 48.8 Å². The predicted octanol–water partition coefficient (Wildman–Crippen LogP) is 3.80. The van der Waals surface area contributed by atoms with Gasteiger partial charge in [0.25, 0.3) is 0 Å². The van der Waals surface area contributed by atoms with Gasteiger partial charge in [-0.05, 0) is 19.3 Å². The minimum Gasteiger partial charge on any atom is -0.366 e. The molecular weight excluding hydrogens is 287 g/mol. The maximum atomic E-state index is 5.69. The van der Waals surface area contributed by atoms with Crippen LogP contribution < -0.4 is 0 Å². The summed E-state index contributed by atoms with van der Waals surface area (Å²) in [5.74, 6) is 6.37. The van der Waals surface area contributed by atoms with Crippen molar-refractivity contribution >= 4 is 22.6 Å². The lowest BCUT2D eigenvalue weighted by atomic mass is 10.2.